The number of hydrogen-bond acceptors (Lipinski definition) is 6. The number of likely N-dealkylation sites (N-methyl/N-ethyl adjacent to an activating group) is 1. The van der Waals surface area contributed by atoms with Crippen LogP contribution in [-0.4, -0.2) is 67.5 Å². The van der Waals surface area contributed by atoms with Gasteiger partial charge < -0.3 is 14.1 Å². The van der Waals surface area contributed by atoms with E-state index in [0.717, 1.165) is 11.6 Å². The van der Waals surface area contributed by atoms with Gasteiger partial charge in [0.1, 0.15) is 6.73 Å². The molecule has 1 aliphatic rings. The number of nitrogens with zero attached hydrogens (tertiary/aromatic N) is 3. The maximum Gasteiger partial charge on any atom is 0.421 e. The number of hydrogen-bond donors (Lipinski definition) is 0. The summed E-state index contributed by atoms with van der Waals surface area (Å²) in [6.07, 6.45) is 0.581. The molecule has 0 bridgehead atoms. The zero-order valence-corrected chi connectivity index (χ0v) is 22.0. The first-order valence-corrected chi connectivity index (χ1v) is 15.6. The molecule has 35 heavy (non-hydrogen) atoms. The van der Waals surface area contributed by atoms with E-state index in [1.807, 2.05) is 37.2 Å². The molecule has 9 heteroatoms. The number of carbonyl (C=O) groups excluding carboxylic acids is 2. The van der Waals surface area contributed by atoms with Crippen molar-refractivity contribution in [3.63, 3.8) is 0 Å². The van der Waals surface area contributed by atoms with Gasteiger partial charge in [-0.15, -0.1) is 0 Å². The van der Waals surface area contributed by atoms with Crippen molar-refractivity contribution in [1.82, 2.24) is 14.4 Å². The van der Waals surface area contributed by atoms with Crippen LogP contribution in [0.4, 0.5) is 0 Å². The minimum atomic E-state index is -1.21. The van der Waals surface area contributed by atoms with E-state index >= 15 is 0 Å². The summed E-state index contributed by atoms with van der Waals surface area (Å²) in [7, 11) is 2.65. The number of benzene rings is 2. The standard InChI is InChI=1S/C26H33N3O5Si/c1-27(2)19(16-28-24(30)20-8-6-7-9-21(20)25(28)31)14-18-10-11-22-23(15-18)34-26(32)29(22)17-33-12-13-35(3,4)5/h6-11,15,19H,12-14,16-17H2,1-5H3. The third kappa shape index (κ3) is 5.47. The van der Waals surface area contributed by atoms with Gasteiger partial charge in [-0.05, 0) is 56.4 Å². The van der Waals surface area contributed by atoms with Gasteiger partial charge in [0.15, 0.2) is 5.58 Å². The molecule has 0 spiro atoms. The maximum atomic E-state index is 12.8. The van der Waals surface area contributed by atoms with E-state index in [1.54, 1.807) is 24.3 Å². The van der Waals surface area contributed by atoms with E-state index in [0.29, 0.717) is 35.3 Å². The number of rotatable bonds is 10. The van der Waals surface area contributed by atoms with E-state index < -0.39 is 13.8 Å². The Morgan fingerprint density at radius 3 is 2.26 bits per heavy atom. The molecule has 1 atom stereocenters. The van der Waals surface area contributed by atoms with E-state index in [1.165, 1.54) is 9.47 Å². The highest BCUT2D eigenvalue weighted by Gasteiger charge is 2.36. The van der Waals surface area contributed by atoms with E-state index in [9.17, 15) is 14.4 Å². The van der Waals surface area contributed by atoms with Gasteiger partial charge in [0.2, 0.25) is 0 Å². The number of oxazole rings is 1. The number of amides is 2. The van der Waals surface area contributed by atoms with Crippen LogP contribution in [0, 0.1) is 0 Å². The van der Waals surface area contributed by atoms with E-state index in [4.69, 9.17) is 9.15 Å². The molecule has 3 aromatic rings. The molecule has 0 radical (unpaired) electrons. The number of imide groups is 1. The SMILES string of the molecule is CN(C)C(Cc1ccc2c(c1)oc(=O)n2COCC[Si](C)(C)C)CN1C(=O)c2ccccc2C1=O. The lowest BCUT2D eigenvalue weighted by Crippen LogP contribution is -2.44. The lowest BCUT2D eigenvalue weighted by molar-refractivity contribution is 0.0612. The van der Waals surface area contributed by atoms with Gasteiger partial charge in [0.05, 0.1) is 16.6 Å². The summed E-state index contributed by atoms with van der Waals surface area (Å²) >= 11 is 0. The van der Waals surface area contributed by atoms with Gasteiger partial charge in [0, 0.05) is 27.3 Å². The summed E-state index contributed by atoms with van der Waals surface area (Å²) in [5.74, 6) is -0.962. The smallest absolute Gasteiger partial charge is 0.408 e. The number of fused-ring (bicyclic) bond motifs is 2. The molecule has 0 fully saturated rings. The molecule has 0 N–H and O–H groups in total. The average molecular weight is 496 g/mol. The fourth-order valence-corrected chi connectivity index (χ4v) is 4.95. The molecule has 0 saturated carbocycles. The van der Waals surface area contributed by atoms with Crippen LogP contribution in [0.15, 0.2) is 51.7 Å². The normalized spacial score (nSPS) is 14.9. The molecule has 186 valence electrons. The predicted octanol–water partition coefficient (Wildman–Crippen LogP) is 3.68. The fraction of sp³-hybridized carbons (Fsp3) is 0.423. The fourth-order valence-electron chi connectivity index (χ4n) is 4.19. The maximum absolute atomic E-state index is 12.8. The lowest BCUT2D eigenvalue weighted by atomic mass is 10.0. The van der Waals surface area contributed by atoms with Crippen molar-refractivity contribution in [3.8, 4) is 0 Å². The molecule has 2 aromatic carbocycles. The van der Waals surface area contributed by atoms with Crippen LogP contribution in [0.2, 0.25) is 25.7 Å². The topological polar surface area (TPSA) is 85.0 Å². The van der Waals surface area contributed by atoms with Crippen molar-refractivity contribution in [2.75, 3.05) is 27.2 Å². The number of aromatic nitrogens is 1. The van der Waals surface area contributed by atoms with Crippen LogP contribution in [0.5, 0.6) is 0 Å². The molecule has 1 unspecified atom stereocenters. The van der Waals surface area contributed by atoms with Gasteiger partial charge >= 0.3 is 5.76 Å². The second-order valence-corrected chi connectivity index (χ2v) is 16.2. The largest absolute Gasteiger partial charge is 0.421 e. The molecule has 8 nitrogen and oxygen atoms in total. The summed E-state index contributed by atoms with van der Waals surface area (Å²) in [6.45, 7) is 7.91. The van der Waals surface area contributed by atoms with Crippen LogP contribution in [-0.2, 0) is 17.9 Å². The Morgan fingerprint density at radius 1 is 1.00 bits per heavy atom. The lowest BCUT2D eigenvalue weighted by Gasteiger charge is -2.28. The minimum absolute atomic E-state index is 0.103. The summed E-state index contributed by atoms with van der Waals surface area (Å²) in [6, 6.07) is 13.5. The van der Waals surface area contributed by atoms with Crippen LogP contribution in [0.1, 0.15) is 26.3 Å². The Hall–Kier alpha value is -3.01. The molecule has 2 heterocycles. The van der Waals surface area contributed by atoms with Crippen molar-refractivity contribution in [3.05, 3.63) is 69.7 Å². The van der Waals surface area contributed by atoms with Gasteiger partial charge in [-0.1, -0.05) is 37.8 Å². The van der Waals surface area contributed by atoms with Gasteiger partial charge in [-0.25, -0.2) is 9.36 Å². The van der Waals surface area contributed by atoms with Crippen molar-refractivity contribution in [1.29, 1.82) is 0 Å². The van der Waals surface area contributed by atoms with Crippen molar-refractivity contribution < 1.29 is 18.7 Å². The Kier molecular flexibility index (Phi) is 7.11. The summed E-state index contributed by atoms with van der Waals surface area (Å²) in [5.41, 5.74) is 3.04. The second kappa shape index (κ2) is 9.92. The van der Waals surface area contributed by atoms with Gasteiger partial charge in [0.25, 0.3) is 11.8 Å². The molecular weight excluding hydrogens is 462 g/mol. The van der Waals surface area contributed by atoms with Gasteiger partial charge in [-0.2, -0.15) is 0 Å². The predicted molar refractivity (Wildman–Crippen MR) is 138 cm³/mol. The highest BCUT2D eigenvalue weighted by Crippen LogP contribution is 2.24. The first-order chi connectivity index (χ1) is 16.5. The number of ether oxygens (including phenoxy) is 1. The quantitative estimate of drug-likeness (QED) is 0.242. The van der Waals surface area contributed by atoms with Crippen molar-refractivity contribution in [2.45, 2.75) is 44.9 Å². The molecule has 0 saturated heterocycles. The zero-order chi connectivity index (χ0) is 25.3. The second-order valence-electron chi connectivity index (χ2n) is 10.5. The average Bonchev–Trinajstić information content (AvgIpc) is 3.23. The Morgan fingerprint density at radius 2 is 1.66 bits per heavy atom. The van der Waals surface area contributed by atoms with Crippen LogP contribution < -0.4 is 5.76 Å². The summed E-state index contributed by atoms with van der Waals surface area (Å²) in [4.78, 5) is 41.4. The summed E-state index contributed by atoms with van der Waals surface area (Å²) < 4.78 is 12.8. The molecule has 2 amide bonds. The highest BCUT2D eigenvalue weighted by atomic mass is 28.3. The molecular formula is C26H33N3O5Si. The van der Waals surface area contributed by atoms with Crippen molar-refractivity contribution in [2.24, 2.45) is 0 Å². The van der Waals surface area contributed by atoms with E-state index in [-0.39, 0.29) is 31.1 Å². The molecule has 1 aliphatic heterocycles. The molecule has 4 rings (SSSR count). The zero-order valence-electron chi connectivity index (χ0n) is 21.0. The third-order valence-corrected chi connectivity index (χ3v) is 8.13. The summed E-state index contributed by atoms with van der Waals surface area (Å²) in [5, 5.41) is 0. The Labute approximate surface area is 206 Å². The number of carbonyl (C=O) groups is 2. The highest BCUT2D eigenvalue weighted by molar-refractivity contribution is 6.76. The van der Waals surface area contributed by atoms with Crippen LogP contribution in [0.3, 0.4) is 0 Å². The Bertz CT molecular complexity index is 1270. The monoisotopic (exact) mass is 495 g/mol. The molecule has 1 aromatic heterocycles. The van der Waals surface area contributed by atoms with Crippen LogP contribution >= 0.6 is 0 Å². The van der Waals surface area contributed by atoms with Gasteiger partial charge in [-0.3, -0.25) is 14.5 Å². The Balaban J connectivity index is 1.47. The minimum Gasteiger partial charge on any atom is -0.408 e. The van der Waals surface area contributed by atoms with Crippen molar-refractivity contribution >= 4 is 31.0 Å². The third-order valence-electron chi connectivity index (χ3n) is 6.42. The van der Waals surface area contributed by atoms with E-state index in [2.05, 4.69) is 19.6 Å². The molecule has 0 aliphatic carbocycles. The van der Waals surface area contributed by atoms with Crippen LogP contribution in [0.25, 0.3) is 11.1 Å². The first kappa shape index (κ1) is 25.1. The first-order valence-electron chi connectivity index (χ1n) is 11.9.